The zero-order valence-corrected chi connectivity index (χ0v) is 13.0. The lowest BCUT2D eigenvalue weighted by Gasteiger charge is -2.31. The largest absolute Gasteiger partial charge is 0.313 e. The van der Waals surface area contributed by atoms with E-state index in [-0.39, 0.29) is 0 Å². The van der Waals surface area contributed by atoms with Crippen molar-refractivity contribution in [2.24, 2.45) is 11.3 Å². The SMILES string of the molecule is CCCNC(CSCC1CCCC1)C(C)(C)C. The summed E-state index contributed by atoms with van der Waals surface area (Å²) < 4.78 is 0. The Labute approximate surface area is 113 Å². The van der Waals surface area contributed by atoms with E-state index in [9.17, 15) is 0 Å². The van der Waals surface area contributed by atoms with Gasteiger partial charge in [-0.15, -0.1) is 0 Å². The van der Waals surface area contributed by atoms with Gasteiger partial charge < -0.3 is 5.32 Å². The van der Waals surface area contributed by atoms with Crippen LogP contribution in [0.5, 0.6) is 0 Å². The molecule has 0 radical (unpaired) electrons. The second-order valence-electron chi connectivity index (χ2n) is 6.56. The summed E-state index contributed by atoms with van der Waals surface area (Å²) >= 11 is 2.17. The summed E-state index contributed by atoms with van der Waals surface area (Å²) in [5.41, 5.74) is 0.387. The maximum absolute atomic E-state index is 3.71. The summed E-state index contributed by atoms with van der Waals surface area (Å²) in [7, 11) is 0. The highest BCUT2D eigenvalue weighted by Gasteiger charge is 2.24. The molecule has 0 saturated heterocycles. The van der Waals surface area contributed by atoms with Gasteiger partial charge in [0.25, 0.3) is 0 Å². The first-order chi connectivity index (χ1) is 8.04. The molecule has 1 N–H and O–H groups in total. The summed E-state index contributed by atoms with van der Waals surface area (Å²) in [6.45, 7) is 10.5. The Balaban J connectivity index is 2.22. The maximum Gasteiger partial charge on any atom is 0.0206 e. The molecule has 2 heteroatoms. The smallest absolute Gasteiger partial charge is 0.0206 e. The summed E-state index contributed by atoms with van der Waals surface area (Å²) in [6.07, 6.45) is 7.15. The van der Waals surface area contributed by atoms with Crippen molar-refractivity contribution in [3.63, 3.8) is 0 Å². The van der Waals surface area contributed by atoms with E-state index in [4.69, 9.17) is 0 Å². The van der Waals surface area contributed by atoms with E-state index < -0.39 is 0 Å². The molecule has 1 atom stereocenters. The molecule has 1 saturated carbocycles. The fraction of sp³-hybridized carbons (Fsp3) is 1.00. The Hall–Kier alpha value is 0.310. The molecular formula is C15H31NS. The van der Waals surface area contributed by atoms with Crippen molar-refractivity contribution in [1.29, 1.82) is 0 Å². The van der Waals surface area contributed by atoms with E-state index in [2.05, 4.69) is 44.8 Å². The Bertz CT molecular complexity index is 192. The van der Waals surface area contributed by atoms with Gasteiger partial charge in [0, 0.05) is 11.8 Å². The van der Waals surface area contributed by atoms with E-state index in [1.165, 1.54) is 43.6 Å². The average molecular weight is 257 g/mol. The second kappa shape index (κ2) is 7.68. The Kier molecular flexibility index (Phi) is 6.94. The van der Waals surface area contributed by atoms with Crippen LogP contribution < -0.4 is 5.32 Å². The van der Waals surface area contributed by atoms with Crippen LogP contribution in [0.1, 0.15) is 59.8 Å². The van der Waals surface area contributed by atoms with Crippen molar-refractivity contribution >= 4 is 11.8 Å². The molecule has 0 amide bonds. The van der Waals surface area contributed by atoms with E-state index in [1.807, 2.05) is 0 Å². The molecule has 0 aliphatic heterocycles. The zero-order chi connectivity index (χ0) is 12.7. The molecule has 0 heterocycles. The van der Waals surface area contributed by atoms with Crippen molar-refractivity contribution in [3.05, 3.63) is 0 Å². The summed E-state index contributed by atoms with van der Waals surface area (Å²) in [6, 6.07) is 0.661. The minimum Gasteiger partial charge on any atom is -0.313 e. The van der Waals surface area contributed by atoms with Gasteiger partial charge in [-0.1, -0.05) is 40.5 Å². The monoisotopic (exact) mass is 257 g/mol. The second-order valence-corrected chi connectivity index (χ2v) is 7.64. The van der Waals surface area contributed by atoms with Crippen LogP contribution in [0.3, 0.4) is 0 Å². The third kappa shape index (κ3) is 6.15. The minimum absolute atomic E-state index is 0.387. The van der Waals surface area contributed by atoms with Gasteiger partial charge in [-0.25, -0.2) is 0 Å². The van der Waals surface area contributed by atoms with Crippen molar-refractivity contribution in [2.75, 3.05) is 18.1 Å². The molecule has 1 unspecified atom stereocenters. The minimum atomic E-state index is 0.387. The summed E-state index contributed by atoms with van der Waals surface area (Å²) in [4.78, 5) is 0. The van der Waals surface area contributed by atoms with Gasteiger partial charge in [0.2, 0.25) is 0 Å². The first-order valence-electron chi connectivity index (χ1n) is 7.35. The quantitative estimate of drug-likeness (QED) is 0.729. The number of nitrogens with one attached hydrogen (secondary N) is 1. The van der Waals surface area contributed by atoms with E-state index in [0.717, 1.165) is 12.5 Å². The molecule has 1 nitrogen and oxygen atoms in total. The summed E-state index contributed by atoms with van der Waals surface area (Å²) in [5, 5.41) is 3.71. The summed E-state index contributed by atoms with van der Waals surface area (Å²) in [5.74, 6) is 3.69. The molecule has 0 spiro atoms. The predicted molar refractivity (Wildman–Crippen MR) is 80.8 cm³/mol. The molecule has 17 heavy (non-hydrogen) atoms. The lowest BCUT2D eigenvalue weighted by atomic mass is 9.88. The standard InChI is InChI=1S/C15H31NS/c1-5-10-16-14(15(2,3)4)12-17-11-13-8-6-7-9-13/h13-14,16H,5-12H2,1-4H3. The Morgan fingerprint density at radius 2 is 1.88 bits per heavy atom. The number of thioether (sulfide) groups is 1. The third-order valence-corrected chi connectivity index (χ3v) is 5.08. The van der Waals surface area contributed by atoms with Gasteiger partial charge in [-0.3, -0.25) is 0 Å². The molecule has 1 fully saturated rings. The van der Waals surface area contributed by atoms with Crippen LogP contribution in [0.2, 0.25) is 0 Å². The van der Waals surface area contributed by atoms with Gasteiger partial charge in [0.05, 0.1) is 0 Å². The Morgan fingerprint density at radius 1 is 1.24 bits per heavy atom. The van der Waals surface area contributed by atoms with Crippen LogP contribution in [-0.4, -0.2) is 24.1 Å². The number of hydrogen-bond acceptors (Lipinski definition) is 2. The highest BCUT2D eigenvalue weighted by molar-refractivity contribution is 7.99. The van der Waals surface area contributed by atoms with Crippen molar-refractivity contribution in [1.82, 2.24) is 5.32 Å². The maximum atomic E-state index is 3.71. The molecule has 1 aliphatic carbocycles. The van der Waals surface area contributed by atoms with Crippen LogP contribution in [0.25, 0.3) is 0 Å². The third-order valence-electron chi connectivity index (χ3n) is 3.80. The number of hydrogen-bond donors (Lipinski definition) is 1. The molecule has 1 aliphatic rings. The fourth-order valence-corrected chi connectivity index (χ4v) is 4.12. The molecule has 0 aromatic carbocycles. The van der Waals surface area contributed by atoms with Crippen molar-refractivity contribution in [2.45, 2.75) is 65.8 Å². The number of rotatable bonds is 7. The zero-order valence-electron chi connectivity index (χ0n) is 12.2. The molecular weight excluding hydrogens is 226 g/mol. The van der Waals surface area contributed by atoms with E-state index in [0.29, 0.717) is 11.5 Å². The van der Waals surface area contributed by atoms with Gasteiger partial charge in [-0.2, -0.15) is 11.8 Å². The highest BCUT2D eigenvalue weighted by Crippen LogP contribution is 2.29. The van der Waals surface area contributed by atoms with Crippen molar-refractivity contribution in [3.8, 4) is 0 Å². The van der Waals surface area contributed by atoms with Gasteiger partial charge in [0.1, 0.15) is 0 Å². The first kappa shape index (κ1) is 15.4. The normalized spacial score (nSPS) is 19.8. The molecule has 102 valence electrons. The van der Waals surface area contributed by atoms with E-state index >= 15 is 0 Å². The van der Waals surface area contributed by atoms with E-state index in [1.54, 1.807) is 0 Å². The highest BCUT2D eigenvalue weighted by atomic mass is 32.2. The van der Waals surface area contributed by atoms with Crippen LogP contribution in [-0.2, 0) is 0 Å². The van der Waals surface area contributed by atoms with Crippen LogP contribution in [0.4, 0.5) is 0 Å². The fourth-order valence-electron chi connectivity index (χ4n) is 2.46. The van der Waals surface area contributed by atoms with Gasteiger partial charge in [-0.05, 0) is 42.9 Å². The lowest BCUT2D eigenvalue weighted by Crippen LogP contribution is -2.42. The molecule has 0 bridgehead atoms. The molecule has 0 aromatic rings. The average Bonchev–Trinajstić information content (AvgIpc) is 2.74. The van der Waals surface area contributed by atoms with Crippen molar-refractivity contribution < 1.29 is 0 Å². The van der Waals surface area contributed by atoms with Crippen LogP contribution in [0.15, 0.2) is 0 Å². The van der Waals surface area contributed by atoms with Crippen LogP contribution >= 0.6 is 11.8 Å². The predicted octanol–water partition coefficient (Wildman–Crippen LogP) is 4.32. The molecule has 0 aromatic heterocycles. The van der Waals surface area contributed by atoms with Gasteiger partial charge in [0.15, 0.2) is 0 Å². The molecule has 1 rings (SSSR count). The van der Waals surface area contributed by atoms with Crippen LogP contribution in [0, 0.1) is 11.3 Å². The lowest BCUT2D eigenvalue weighted by molar-refractivity contribution is 0.291. The topological polar surface area (TPSA) is 12.0 Å². The first-order valence-corrected chi connectivity index (χ1v) is 8.50. The Morgan fingerprint density at radius 3 is 2.41 bits per heavy atom. The van der Waals surface area contributed by atoms with Gasteiger partial charge >= 0.3 is 0 Å².